The maximum Gasteiger partial charge on any atom is 0.330 e. The van der Waals surface area contributed by atoms with Crippen LogP contribution in [0.25, 0.3) is 0 Å². The van der Waals surface area contributed by atoms with Crippen LogP contribution in [0.2, 0.25) is 0 Å². The normalized spacial score (nSPS) is 13.8. The number of nitrogens with two attached hydrogens (primary N) is 1. The molecule has 0 radical (unpaired) electrons. The number of allylic oxidation sites excluding steroid dienone is 9. The van der Waals surface area contributed by atoms with E-state index < -0.39 is 23.6 Å². The highest BCUT2D eigenvalue weighted by molar-refractivity contribution is 5.83. The molecule has 0 saturated carbocycles. The van der Waals surface area contributed by atoms with Crippen LogP contribution >= 0.6 is 0 Å². The number of carbonyl (C=O) groups is 2. The molecule has 0 bridgehead atoms. The molecule has 1 atom stereocenters. The molecule has 0 fully saturated rings. The predicted molar refractivity (Wildman–Crippen MR) is 133 cm³/mol. The molecule has 0 spiro atoms. The minimum atomic E-state index is -0.999. The number of carbonyl (C=O) groups excluding carboxylic acids is 2. The van der Waals surface area contributed by atoms with Crippen LogP contribution in [0.1, 0.15) is 79.1 Å². The summed E-state index contributed by atoms with van der Waals surface area (Å²) in [5, 5.41) is 0. The zero-order valence-corrected chi connectivity index (χ0v) is 20.4. The Hall–Kier alpha value is -2.40. The summed E-state index contributed by atoms with van der Waals surface area (Å²) < 4.78 is 10.1. The lowest BCUT2D eigenvalue weighted by Crippen LogP contribution is -2.40. The van der Waals surface area contributed by atoms with E-state index in [0.717, 1.165) is 6.42 Å². The van der Waals surface area contributed by atoms with E-state index in [4.69, 9.17) is 15.2 Å². The van der Waals surface area contributed by atoms with Crippen molar-refractivity contribution in [3.05, 3.63) is 60.8 Å². The van der Waals surface area contributed by atoms with E-state index in [1.807, 2.05) is 30.4 Å². The van der Waals surface area contributed by atoms with Crippen molar-refractivity contribution in [1.82, 2.24) is 0 Å². The summed E-state index contributed by atoms with van der Waals surface area (Å²) in [5.74, 6) is -1.16. The van der Waals surface area contributed by atoms with Gasteiger partial charge < -0.3 is 15.2 Å². The lowest BCUT2D eigenvalue weighted by Gasteiger charge is -2.21. The Morgan fingerprint density at radius 3 is 1.94 bits per heavy atom. The number of ether oxygens (including phenoxy) is 2. The van der Waals surface area contributed by atoms with Crippen LogP contribution in [0.3, 0.4) is 0 Å². The molecule has 5 nitrogen and oxygen atoms in total. The minimum absolute atomic E-state index is 0.223. The van der Waals surface area contributed by atoms with E-state index >= 15 is 0 Å². The molecular formula is C27H43NO4. The number of unbranched alkanes of at least 4 members (excludes halogenated alkanes) is 7. The Labute approximate surface area is 195 Å². The topological polar surface area (TPSA) is 78.6 Å². The zero-order chi connectivity index (χ0) is 24.1. The van der Waals surface area contributed by atoms with Gasteiger partial charge in [0.1, 0.15) is 18.2 Å². The number of hydrogen-bond acceptors (Lipinski definition) is 5. The van der Waals surface area contributed by atoms with Gasteiger partial charge in [-0.3, -0.25) is 4.79 Å². The van der Waals surface area contributed by atoms with Crippen LogP contribution in [0.5, 0.6) is 0 Å². The zero-order valence-electron chi connectivity index (χ0n) is 20.4. The van der Waals surface area contributed by atoms with E-state index in [1.54, 1.807) is 32.9 Å². The first-order valence-corrected chi connectivity index (χ1v) is 11.7. The molecule has 0 saturated heterocycles. The molecule has 0 aliphatic carbocycles. The molecule has 5 heteroatoms. The maximum absolute atomic E-state index is 11.7. The van der Waals surface area contributed by atoms with Gasteiger partial charge >= 0.3 is 11.9 Å². The van der Waals surface area contributed by atoms with E-state index in [2.05, 4.69) is 19.1 Å². The van der Waals surface area contributed by atoms with Crippen molar-refractivity contribution in [2.45, 2.75) is 90.7 Å². The van der Waals surface area contributed by atoms with Crippen molar-refractivity contribution in [2.24, 2.45) is 5.73 Å². The molecule has 0 heterocycles. The molecule has 0 aliphatic heterocycles. The fraction of sp³-hybridized carbons (Fsp3) is 0.556. The van der Waals surface area contributed by atoms with E-state index in [9.17, 15) is 9.59 Å². The van der Waals surface area contributed by atoms with Crippen LogP contribution in [0.4, 0.5) is 0 Å². The van der Waals surface area contributed by atoms with Crippen molar-refractivity contribution < 1.29 is 19.1 Å². The molecule has 32 heavy (non-hydrogen) atoms. The highest BCUT2D eigenvalue weighted by atomic mass is 16.6. The van der Waals surface area contributed by atoms with Crippen molar-refractivity contribution in [1.29, 1.82) is 0 Å². The number of esters is 2. The fourth-order valence-electron chi connectivity index (χ4n) is 2.58. The molecule has 1 unspecified atom stereocenters. The summed E-state index contributed by atoms with van der Waals surface area (Å²) in [6.45, 7) is 7.27. The molecule has 0 aliphatic rings. The molecule has 2 N–H and O–H groups in total. The van der Waals surface area contributed by atoms with E-state index in [-0.39, 0.29) is 6.61 Å². The second kappa shape index (κ2) is 19.3. The van der Waals surface area contributed by atoms with Gasteiger partial charge in [-0.05, 0) is 33.6 Å². The van der Waals surface area contributed by atoms with Gasteiger partial charge in [0.2, 0.25) is 0 Å². The molecule has 0 aromatic heterocycles. The third kappa shape index (κ3) is 20.9. The van der Waals surface area contributed by atoms with Crippen LogP contribution in [0, 0.1) is 0 Å². The van der Waals surface area contributed by atoms with Gasteiger partial charge in [-0.15, -0.1) is 0 Å². The van der Waals surface area contributed by atoms with Crippen molar-refractivity contribution >= 4 is 11.9 Å². The Kier molecular flexibility index (Phi) is 17.9. The second-order valence-electron chi connectivity index (χ2n) is 8.62. The molecule has 0 amide bonds. The van der Waals surface area contributed by atoms with Crippen molar-refractivity contribution in [3.8, 4) is 0 Å². The first kappa shape index (κ1) is 29.6. The standard InChI is InChI=1S/C27H43NO4/c1-5-6-7-8-9-10-11-12-13-14-15-16-17-18-19-20-21-22-25(29)31-23-24(28)26(30)32-27(2,3)4/h13-22,24H,5-12,23,28H2,1-4H3. The molecular weight excluding hydrogens is 402 g/mol. The van der Waals surface area contributed by atoms with E-state index in [1.165, 1.54) is 51.0 Å². The Balaban J connectivity index is 3.88. The molecule has 0 aromatic rings. The number of hydrogen-bond donors (Lipinski definition) is 1. The lowest BCUT2D eigenvalue weighted by molar-refractivity contribution is -0.158. The van der Waals surface area contributed by atoms with Crippen molar-refractivity contribution in [3.63, 3.8) is 0 Å². The molecule has 180 valence electrons. The highest BCUT2D eigenvalue weighted by Gasteiger charge is 2.22. The van der Waals surface area contributed by atoms with Crippen molar-refractivity contribution in [2.75, 3.05) is 6.61 Å². The smallest absolute Gasteiger partial charge is 0.330 e. The largest absolute Gasteiger partial charge is 0.460 e. The Morgan fingerprint density at radius 2 is 1.34 bits per heavy atom. The van der Waals surface area contributed by atoms with Crippen LogP contribution in [-0.4, -0.2) is 30.2 Å². The lowest BCUT2D eigenvalue weighted by atomic mass is 10.1. The van der Waals surface area contributed by atoms with Crippen LogP contribution in [-0.2, 0) is 19.1 Å². The monoisotopic (exact) mass is 445 g/mol. The third-order valence-corrected chi connectivity index (χ3v) is 4.24. The van der Waals surface area contributed by atoms with Gasteiger partial charge in [-0.25, -0.2) is 4.79 Å². The maximum atomic E-state index is 11.7. The molecule has 0 rings (SSSR count). The summed E-state index contributed by atoms with van der Waals surface area (Å²) in [4.78, 5) is 23.3. The summed E-state index contributed by atoms with van der Waals surface area (Å²) >= 11 is 0. The Bertz CT molecular complexity index is 651. The highest BCUT2D eigenvalue weighted by Crippen LogP contribution is 2.09. The summed E-state index contributed by atoms with van der Waals surface area (Å²) in [5.41, 5.74) is 5.03. The second-order valence-corrected chi connectivity index (χ2v) is 8.62. The van der Waals surface area contributed by atoms with Gasteiger partial charge in [0.15, 0.2) is 0 Å². The average Bonchev–Trinajstić information content (AvgIpc) is 2.73. The average molecular weight is 446 g/mol. The summed E-state index contributed by atoms with van der Waals surface area (Å²) in [6, 6.07) is -0.999. The predicted octanol–water partition coefficient (Wildman–Crippen LogP) is 6.12. The van der Waals surface area contributed by atoms with Crippen LogP contribution < -0.4 is 5.73 Å². The van der Waals surface area contributed by atoms with Gasteiger partial charge in [-0.2, -0.15) is 0 Å². The summed E-state index contributed by atoms with van der Waals surface area (Å²) in [6.07, 6.45) is 28.9. The van der Waals surface area contributed by atoms with Gasteiger partial charge in [0, 0.05) is 6.08 Å². The third-order valence-electron chi connectivity index (χ3n) is 4.24. The fourth-order valence-corrected chi connectivity index (χ4v) is 2.58. The molecule has 0 aromatic carbocycles. The number of rotatable bonds is 16. The quantitative estimate of drug-likeness (QED) is 0.134. The van der Waals surface area contributed by atoms with Crippen LogP contribution in [0.15, 0.2) is 60.8 Å². The SMILES string of the molecule is CCCCCCCCCC=CC=CC=CC=CC=CC(=O)OCC(N)C(=O)OC(C)(C)C. The van der Waals surface area contributed by atoms with Gasteiger partial charge in [0.05, 0.1) is 0 Å². The van der Waals surface area contributed by atoms with Gasteiger partial charge in [0.25, 0.3) is 0 Å². The van der Waals surface area contributed by atoms with E-state index in [0.29, 0.717) is 0 Å². The first-order chi connectivity index (χ1) is 15.3. The first-order valence-electron chi connectivity index (χ1n) is 11.7. The minimum Gasteiger partial charge on any atom is -0.460 e. The summed E-state index contributed by atoms with van der Waals surface area (Å²) in [7, 11) is 0. The Morgan fingerprint density at radius 1 is 0.812 bits per heavy atom. The van der Waals surface area contributed by atoms with Gasteiger partial charge in [-0.1, -0.05) is 100 Å².